The molecule has 1 fully saturated rings. The molecule has 0 spiro atoms. The maximum Gasteiger partial charge on any atom is 0.251 e. The van der Waals surface area contributed by atoms with Gasteiger partial charge in [0.1, 0.15) is 11.4 Å². The Morgan fingerprint density at radius 1 is 1.11 bits per heavy atom. The fraction of sp³-hybridized carbons (Fsp3) is 0.333. The SMILES string of the molecule is CCOc1cc(C(=O)NCCCN2CCN(c3cccc(Cl)c3)CC2)ccc1-c1nc2c[nH]cnc-2n1. The van der Waals surface area contributed by atoms with Gasteiger partial charge in [-0.15, -0.1) is 0 Å². The molecule has 3 heterocycles. The lowest BCUT2D eigenvalue weighted by Gasteiger charge is -2.36. The number of anilines is 1. The molecule has 0 aromatic heterocycles. The quantitative estimate of drug-likeness (QED) is 0.323. The predicted octanol–water partition coefficient (Wildman–Crippen LogP) is 3.97. The van der Waals surface area contributed by atoms with Gasteiger partial charge in [0.05, 0.1) is 18.5 Å². The van der Waals surface area contributed by atoms with Crippen molar-refractivity contribution in [2.45, 2.75) is 13.3 Å². The van der Waals surface area contributed by atoms with Gasteiger partial charge in [-0.05, 0) is 56.3 Å². The number of piperazine rings is 1. The van der Waals surface area contributed by atoms with E-state index in [9.17, 15) is 4.79 Å². The van der Waals surface area contributed by atoms with Crippen molar-refractivity contribution in [2.24, 2.45) is 0 Å². The summed E-state index contributed by atoms with van der Waals surface area (Å²) >= 11 is 6.13. The maximum atomic E-state index is 12.8. The van der Waals surface area contributed by atoms with Crippen LogP contribution in [0.15, 0.2) is 55.0 Å². The van der Waals surface area contributed by atoms with Crippen molar-refractivity contribution < 1.29 is 9.53 Å². The molecule has 3 aliphatic heterocycles. The zero-order chi connectivity index (χ0) is 25.6. The van der Waals surface area contributed by atoms with Gasteiger partial charge in [0.15, 0.2) is 11.6 Å². The van der Waals surface area contributed by atoms with E-state index in [1.54, 1.807) is 24.7 Å². The van der Waals surface area contributed by atoms with Crippen LogP contribution < -0.4 is 15.0 Å². The molecule has 1 amide bonds. The van der Waals surface area contributed by atoms with E-state index in [1.807, 2.05) is 31.2 Å². The Balaban J connectivity index is 1.12. The highest BCUT2D eigenvalue weighted by atomic mass is 35.5. The number of rotatable bonds is 9. The smallest absolute Gasteiger partial charge is 0.251 e. The van der Waals surface area contributed by atoms with Crippen molar-refractivity contribution in [1.29, 1.82) is 0 Å². The zero-order valence-corrected chi connectivity index (χ0v) is 21.5. The standard InChI is InChI=1S/C27H30ClN7O2/c1-2-37-24-15-19(7-8-22(24)25-32-23-17-29-18-31-26(23)33-25)27(36)30-9-4-10-34-11-13-35(14-12-34)21-6-3-5-20(28)16-21/h3,5-8,15-18H,2,4,9-14H2,1H3,(H,30,36)(H,29,31,32,33). The summed E-state index contributed by atoms with van der Waals surface area (Å²) in [6.45, 7) is 7.85. The molecular weight excluding hydrogens is 490 g/mol. The van der Waals surface area contributed by atoms with Crippen LogP contribution in [0.5, 0.6) is 5.75 Å². The van der Waals surface area contributed by atoms with E-state index in [1.165, 1.54) is 5.69 Å². The summed E-state index contributed by atoms with van der Waals surface area (Å²) < 4.78 is 5.82. The molecule has 0 atom stereocenters. The molecule has 2 aromatic rings. The number of H-pyrrole nitrogens is 1. The number of hydrogen-bond donors (Lipinski definition) is 2. The lowest BCUT2D eigenvalue weighted by atomic mass is 10.1. The van der Waals surface area contributed by atoms with E-state index < -0.39 is 0 Å². The average Bonchev–Trinajstić information content (AvgIpc) is 3.36. The Labute approximate surface area is 221 Å². The first-order valence-electron chi connectivity index (χ1n) is 12.6. The number of nitrogens with zero attached hydrogens (tertiary/aromatic N) is 5. The summed E-state index contributed by atoms with van der Waals surface area (Å²) in [4.78, 5) is 33.8. The molecular formula is C27H30ClN7O2. The Morgan fingerprint density at radius 2 is 1.97 bits per heavy atom. The van der Waals surface area contributed by atoms with Gasteiger partial charge in [-0.25, -0.2) is 15.0 Å². The van der Waals surface area contributed by atoms with Gasteiger partial charge in [-0.2, -0.15) is 0 Å². The molecule has 0 radical (unpaired) electrons. The van der Waals surface area contributed by atoms with Crippen molar-refractivity contribution >= 4 is 23.2 Å². The number of ether oxygens (including phenoxy) is 1. The summed E-state index contributed by atoms with van der Waals surface area (Å²) in [6, 6.07) is 13.4. The molecule has 3 aliphatic rings. The molecule has 5 rings (SSSR count). The van der Waals surface area contributed by atoms with Crippen LogP contribution in [0.3, 0.4) is 0 Å². The number of amides is 1. The number of benzene rings is 2. The van der Waals surface area contributed by atoms with E-state index >= 15 is 0 Å². The van der Waals surface area contributed by atoms with Crippen LogP contribution in [0, 0.1) is 0 Å². The minimum Gasteiger partial charge on any atom is -0.493 e. The second kappa shape index (κ2) is 11.6. The number of imidazole rings is 1. The predicted molar refractivity (Wildman–Crippen MR) is 144 cm³/mol. The van der Waals surface area contributed by atoms with Gasteiger partial charge in [-0.1, -0.05) is 17.7 Å². The van der Waals surface area contributed by atoms with Gasteiger partial charge >= 0.3 is 0 Å². The van der Waals surface area contributed by atoms with Gasteiger partial charge in [0.25, 0.3) is 5.91 Å². The number of nitrogens with one attached hydrogen (secondary N) is 2. The molecule has 0 aliphatic carbocycles. The molecule has 37 heavy (non-hydrogen) atoms. The van der Waals surface area contributed by atoms with E-state index in [-0.39, 0.29) is 5.91 Å². The van der Waals surface area contributed by atoms with Crippen LogP contribution in [-0.4, -0.2) is 76.6 Å². The average molecular weight is 520 g/mol. The number of fused-ring (bicyclic) bond motifs is 1. The second-order valence-corrected chi connectivity index (χ2v) is 9.32. The monoisotopic (exact) mass is 519 g/mol. The molecule has 2 aromatic carbocycles. The highest BCUT2D eigenvalue weighted by Crippen LogP contribution is 2.31. The summed E-state index contributed by atoms with van der Waals surface area (Å²) in [5.41, 5.74) is 3.12. The number of hydrogen-bond acceptors (Lipinski definition) is 7. The van der Waals surface area contributed by atoms with Crippen LogP contribution in [0.2, 0.25) is 5.02 Å². The molecule has 0 bridgehead atoms. The van der Waals surface area contributed by atoms with E-state index in [2.05, 4.69) is 41.1 Å². The van der Waals surface area contributed by atoms with Crippen molar-refractivity contribution in [2.75, 3.05) is 50.8 Å². The third kappa shape index (κ3) is 6.00. The molecule has 192 valence electrons. The number of aromatic nitrogens is 4. The summed E-state index contributed by atoms with van der Waals surface area (Å²) in [6.07, 6.45) is 4.20. The first-order valence-corrected chi connectivity index (χ1v) is 12.9. The first kappa shape index (κ1) is 25.0. The van der Waals surface area contributed by atoms with Crippen molar-refractivity contribution in [1.82, 2.24) is 30.2 Å². The Kier molecular flexibility index (Phi) is 7.82. The molecule has 9 nitrogen and oxygen atoms in total. The highest BCUT2D eigenvalue weighted by molar-refractivity contribution is 6.30. The Morgan fingerprint density at radius 3 is 2.76 bits per heavy atom. The molecule has 0 saturated carbocycles. The van der Waals surface area contributed by atoms with Gasteiger partial charge in [0, 0.05) is 55.2 Å². The minimum atomic E-state index is -0.122. The summed E-state index contributed by atoms with van der Waals surface area (Å²) in [7, 11) is 0. The maximum absolute atomic E-state index is 12.8. The fourth-order valence-electron chi connectivity index (χ4n) is 4.51. The van der Waals surface area contributed by atoms with Gasteiger partial charge < -0.3 is 19.9 Å². The van der Waals surface area contributed by atoms with Crippen LogP contribution in [0.4, 0.5) is 5.69 Å². The fourth-order valence-corrected chi connectivity index (χ4v) is 4.69. The normalized spacial score (nSPS) is 14.2. The number of halogens is 1. The molecule has 1 saturated heterocycles. The number of carbonyl (C=O) groups is 1. The van der Waals surface area contributed by atoms with Crippen LogP contribution in [-0.2, 0) is 0 Å². The van der Waals surface area contributed by atoms with Crippen molar-refractivity contribution in [3.8, 4) is 28.7 Å². The third-order valence-corrected chi connectivity index (χ3v) is 6.65. The zero-order valence-electron chi connectivity index (χ0n) is 20.8. The van der Waals surface area contributed by atoms with Crippen LogP contribution >= 0.6 is 11.6 Å². The Hall–Kier alpha value is -3.69. The van der Waals surface area contributed by atoms with E-state index in [4.69, 9.17) is 16.3 Å². The summed E-state index contributed by atoms with van der Waals surface area (Å²) in [5, 5.41) is 3.80. The first-order chi connectivity index (χ1) is 18.1. The van der Waals surface area contributed by atoms with Gasteiger partial charge in [-0.3, -0.25) is 9.69 Å². The van der Waals surface area contributed by atoms with E-state index in [0.29, 0.717) is 41.8 Å². The van der Waals surface area contributed by atoms with Gasteiger partial charge in [0.2, 0.25) is 0 Å². The molecule has 0 unspecified atom stereocenters. The van der Waals surface area contributed by atoms with Crippen LogP contribution in [0.25, 0.3) is 22.9 Å². The number of carbonyl (C=O) groups excluding carboxylic acids is 1. The topological polar surface area (TPSA) is 99.3 Å². The molecule has 2 N–H and O–H groups in total. The summed E-state index contributed by atoms with van der Waals surface area (Å²) in [5.74, 6) is 1.53. The third-order valence-electron chi connectivity index (χ3n) is 6.42. The highest BCUT2D eigenvalue weighted by Gasteiger charge is 2.19. The Bertz CT molecular complexity index is 1290. The van der Waals surface area contributed by atoms with Crippen molar-refractivity contribution in [3.63, 3.8) is 0 Å². The van der Waals surface area contributed by atoms with E-state index in [0.717, 1.165) is 49.7 Å². The lowest BCUT2D eigenvalue weighted by Crippen LogP contribution is -2.47. The van der Waals surface area contributed by atoms with Crippen LogP contribution in [0.1, 0.15) is 23.7 Å². The number of aromatic amines is 1. The second-order valence-electron chi connectivity index (χ2n) is 8.89. The minimum absolute atomic E-state index is 0.122. The molecule has 10 heteroatoms. The largest absolute Gasteiger partial charge is 0.493 e. The van der Waals surface area contributed by atoms with Crippen molar-refractivity contribution in [3.05, 3.63) is 65.6 Å². The lowest BCUT2D eigenvalue weighted by molar-refractivity contribution is 0.0951.